The van der Waals surface area contributed by atoms with Crippen LogP contribution in [-0.4, -0.2) is 18.5 Å². The molecule has 0 saturated heterocycles. The van der Waals surface area contributed by atoms with Gasteiger partial charge in [0.2, 0.25) is 5.91 Å². The Morgan fingerprint density at radius 1 is 1.24 bits per heavy atom. The zero-order chi connectivity index (χ0) is 14.8. The number of nitrogens with zero attached hydrogens (tertiary/aromatic N) is 1. The first kappa shape index (κ1) is 13.6. The van der Waals surface area contributed by atoms with Crippen LogP contribution < -0.4 is 10.2 Å². The van der Waals surface area contributed by atoms with Crippen LogP contribution in [0.25, 0.3) is 0 Å². The van der Waals surface area contributed by atoms with Gasteiger partial charge in [-0.05, 0) is 42.8 Å². The summed E-state index contributed by atoms with van der Waals surface area (Å²) in [5.74, 6) is -0.283. The predicted molar refractivity (Wildman–Crippen MR) is 82.0 cm³/mol. The van der Waals surface area contributed by atoms with Crippen molar-refractivity contribution in [3.63, 3.8) is 0 Å². The Labute approximate surface area is 123 Å². The Hall–Kier alpha value is -2.36. The molecule has 1 aliphatic heterocycles. The second kappa shape index (κ2) is 5.56. The summed E-state index contributed by atoms with van der Waals surface area (Å²) in [5, 5.41) is 3.26. The highest BCUT2D eigenvalue weighted by molar-refractivity contribution is 6.00. The molecule has 1 atom stereocenters. The number of fused-ring (bicyclic) bond motifs is 1. The molecule has 0 aliphatic carbocycles. The number of para-hydroxylation sites is 1. The lowest BCUT2D eigenvalue weighted by Gasteiger charge is -2.24. The van der Waals surface area contributed by atoms with Crippen molar-refractivity contribution in [3.05, 3.63) is 59.9 Å². The fourth-order valence-electron chi connectivity index (χ4n) is 2.72. The molecular weight excluding hydrogens is 267 g/mol. The molecule has 1 amide bonds. The SMILES string of the molecule is CCN(C(=O)C1Cc2ccccc2N1)c1ccc(F)cc1. The van der Waals surface area contributed by atoms with E-state index in [2.05, 4.69) is 5.32 Å². The fourth-order valence-corrected chi connectivity index (χ4v) is 2.72. The van der Waals surface area contributed by atoms with Crippen LogP contribution in [0.4, 0.5) is 15.8 Å². The number of amides is 1. The molecule has 3 rings (SSSR count). The average molecular weight is 284 g/mol. The lowest BCUT2D eigenvalue weighted by Crippen LogP contribution is -2.42. The first-order valence-corrected chi connectivity index (χ1v) is 7.10. The standard InChI is InChI=1S/C17H17FN2O/c1-2-20(14-9-7-13(18)8-10-14)17(21)16-11-12-5-3-4-6-15(12)19-16/h3-10,16,19H,2,11H2,1H3. The third-order valence-electron chi connectivity index (χ3n) is 3.79. The summed E-state index contributed by atoms with van der Waals surface area (Å²) in [5.41, 5.74) is 2.90. The maximum atomic E-state index is 13.0. The monoisotopic (exact) mass is 284 g/mol. The molecule has 0 radical (unpaired) electrons. The van der Waals surface area contributed by atoms with E-state index in [-0.39, 0.29) is 17.8 Å². The van der Waals surface area contributed by atoms with Crippen LogP contribution in [0.1, 0.15) is 12.5 Å². The Bertz CT molecular complexity index is 629. The van der Waals surface area contributed by atoms with E-state index in [1.165, 1.54) is 12.1 Å². The van der Waals surface area contributed by atoms with Crippen molar-refractivity contribution in [1.82, 2.24) is 0 Å². The highest BCUT2D eigenvalue weighted by Crippen LogP contribution is 2.27. The summed E-state index contributed by atoms with van der Waals surface area (Å²) in [4.78, 5) is 14.4. The molecule has 1 heterocycles. The maximum Gasteiger partial charge on any atom is 0.249 e. The highest BCUT2D eigenvalue weighted by atomic mass is 19.1. The van der Waals surface area contributed by atoms with Gasteiger partial charge >= 0.3 is 0 Å². The lowest BCUT2D eigenvalue weighted by atomic mass is 10.1. The van der Waals surface area contributed by atoms with Gasteiger partial charge < -0.3 is 10.2 Å². The molecule has 1 aliphatic rings. The third-order valence-corrected chi connectivity index (χ3v) is 3.79. The van der Waals surface area contributed by atoms with Gasteiger partial charge in [-0.2, -0.15) is 0 Å². The van der Waals surface area contributed by atoms with Crippen molar-refractivity contribution in [2.45, 2.75) is 19.4 Å². The quantitative estimate of drug-likeness (QED) is 0.938. The summed E-state index contributed by atoms with van der Waals surface area (Å²) in [6.45, 7) is 2.47. The summed E-state index contributed by atoms with van der Waals surface area (Å²) in [6.07, 6.45) is 0.687. The van der Waals surface area contributed by atoms with Crippen molar-refractivity contribution >= 4 is 17.3 Å². The van der Waals surface area contributed by atoms with E-state index < -0.39 is 0 Å². The second-order valence-electron chi connectivity index (χ2n) is 5.12. The number of anilines is 2. The molecule has 0 saturated carbocycles. The molecule has 0 fully saturated rings. The van der Waals surface area contributed by atoms with E-state index in [0.717, 1.165) is 16.9 Å². The van der Waals surface area contributed by atoms with E-state index in [0.29, 0.717) is 13.0 Å². The summed E-state index contributed by atoms with van der Waals surface area (Å²) in [6, 6.07) is 13.7. The smallest absolute Gasteiger partial charge is 0.249 e. The first-order chi connectivity index (χ1) is 10.2. The fraction of sp³-hybridized carbons (Fsp3) is 0.235. The molecule has 0 spiro atoms. The second-order valence-corrected chi connectivity index (χ2v) is 5.12. The molecule has 108 valence electrons. The number of carbonyl (C=O) groups excluding carboxylic acids is 1. The van der Waals surface area contributed by atoms with Crippen molar-refractivity contribution in [2.75, 3.05) is 16.8 Å². The summed E-state index contributed by atoms with van der Waals surface area (Å²) >= 11 is 0. The van der Waals surface area contributed by atoms with Gasteiger partial charge in [0, 0.05) is 24.3 Å². The third kappa shape index (κ3) is 2.61. The van der Waals surface area contributed by atoms with Gasteiger partial charge in [0.25, 0.3) is 0 Å². The van der Waals surface area contributed by atoms with Gasteiger partial charge in [0.05, 0.1) is 0 Å². The molecule has 21 heavy (non-hydrogen) atoms. The number of benzene rings is 2. The number of halogens is 1. The zero-order valence-corrected chi connectivity index (χ0v) is 11.8. The van der Waals surface area contributed by atoms with Crippen LogP contribution in [0.2, 0.25) is 0 Å². The molecule has 0 bridgehead atoms. The van der Waals surface area contributed by atoms with Crippen LogP contribution in [0, 0.1) is 5.82 Å². The van der Waals surface area contributed by atoms with Crippen molar-refractivity contribution in [3.8, 4) is 0 Å². The minimum Gasteiger partial charge on any atom is -0.373 e. The van der Waals surface area contributed by atoms with E-state index in [1.807, 2.05) is 31.2 Å². The van der Waals surface area contributed by atoms with Crippen molar-refractivity contribution in [2.24, 2.45) is 0 Å². The van der Waals surface area contributed by atoms with Gasteiger partial charge in [0.15, 0.2) is 0 Å². The van der Waals surface area contributed by atoms with Gasteiger partial charge in [-0.15, -0.1) is 0 Å². The lowest BCUT2D eigenvalue weighted by molar-refractivity contribution is -0.119. The highest BCUT2D eigenvalue weighted by Gasteiger charge is 2.30. The number of hydrogen-bond donors (Lipinski definition) is 1. The minimum atomic E-state index is -0.298. The number of likely N-dealkylation sites (N-methyl/N-ethyl adjacent to an activating group) is 1. The topological polar surface area (TPSA) is 32.3 Å². The normalized spacial score (nSPS) is 16.2. The van der Waals surface area contributed by atoms with E-state index in [4.69, 9.17) is 0 Å². The molecule has 1 N–H and O–H groups in total. The van der Waals surface area contributed by atoms with Crippen LogP contribution in [0.15, 0.2) is 48.5 Å². The van der Waals surface area contributed by atoms with Crippen molar-refractivity contribution in [1.29, 1.82) is 0 Å². The molecule has 2 aromatic rings. The Morgan fingerprint density at radius 2 is 1.95 bits per heavy atom. The summed E-state index contributed by atoms with van der Waals surface area (Å²) in [7, 11) is 0. The average Bonchev–Trinajstić information content (AvgIpc) is 2.93. The van der Waals surface area contributed by atoms with E-state index in [9.17, 15) is 9.18 Å². The number of rotatable bonds is 3. The van der Waals surface area contributed by atoms with Crippen LogP contribution in [-0.2, 0) is 11.2 Å². The van der Waals surface area contributed by atoms with Crippen LogP contribution in [0.5, 0.6) is 0 Å². The molecule has 3 nitrogen and oxygen atoms in total. The number of hydrogen-bond acceptors (Lipinski definition) is 2. The van der Waals surface area contributed by atoms with Crippen molar-refractivity contribution < 1.29 is 9.18 Å². The largest absolute Gasteiger partial charge is 0.373 e. The Balaban J connectivity index is 1.80. The molecule has 2 aromatic carbocycles. The predicted octanol–water partition coefficient (Wildman–Crippen LogP) is 3.22. The Morgan fingerprint density at radius 3 is 2.62 bits per heavy atom. The van der Waals surface area contributed by atoms with Gasteiger partial charge in [-0.3, -0.25) is 4.79 Å². The van der Waals surface area contributed by atoms with E-state index >= 15 is 0 Å². The number of nitrogens with one attached hydrogen (secondary N) is 1. The van der Waals surface area contributed by atoms with Crippen LogP contribution >= 0.6 is 0 Å². The van der Waals surface area contributed by atoms with Gasteiger partial charge in [-0.25, -0.2) is 4.39 Å². The van der Waals surface area contributed by atoms with E-state index in [1.54, 1.807) is 17.0 Å². The first-order valence-electron chi connectivity index (χ1n) is 7.10. The summed E-state index contributed by atoms with van der Waals surface area (Å²) < 4.78 is 13.0. The Kier molecular flexibility index (Phi) is 3.60. The molecule has 0 aromatic heterocycles. The van der Waals surface area contributed by atoms with Gasteiger partial charge in [-0.1, -0.05) is 18.2 Å². The maximum absolute atomic E-state index is 13.0. The molecular formula is C17H17FN2O. The zero-order valence-electron chi connectivity index (χ0n) is 11.8. The van der Waals surface area contributed by atoms with Crippen LogP contribution in [0.3, 0.4) is 0 Å². The molecule has 1 unspecified atom stereocenters. The van der Waals surface area contributed by atoms with Gasteiger partial charge in [0.1, 0.15) is 11.9 Å². The number of carbonyl (C=O) groups is 1. The molecule has 4 heteroatoms. The minimum absolute atomic E-state index is 0.0142.